The molecule has 2 atom stereocenters. The van der Waals surface area contributed by atoms with E-state index in [0.29, 0.717) is 17.4 Å². The highest BCUT2D eigenvalue weighted by Crippen LogP contribution is 2.43. The molecule has 10 heteroatoms. The number of ether oxygens (including phenoxy) is 2. The van der Waals surface area contributed by atoms with E-state index >= 15 is 0 Å². The summed E-state index contributed by atoms with van der Waals surface area (Å²) in [4.78, 5) is 35.2. The van der Waals surface area contributed by atoms with E-state index in [2.05, 4.69) is 38.2 Å². The summed E-state index contributed by atoms with van der Waals surface area (Å²) in [6.45, 7) is 4.37. The van der Waals surface area contributed by atoms with Gasteiger partial charge in [-0.25, -0.2) is 4.57 Å². The number of rotatable bonds is 37. The number of allylic oxidation sites excluding steroid dienone is 4. The molecule has 0 aromatic rings. The molecule has 0 saturated carbocycles. The van der Waals surface area contributed by atoms with Crippen LogP contribution in [0.3, 0.4) is 0 Å². The van der Waals surface area contributed by atoms with Crippen LogP contribution in [-0.2, 0) is 32.7 Å². The lowest BCUT2D eigenvalue weighted by atomic mass is 10.0. The van der Waals surface area contributed by atoms with E-state index in [4.69, 9.17) is 18.5 Å². The van der Waals surface area contributed by atoms with E-state index in [0.717, 1.165) is 44.9 Å². The smallest absolute Gasteiger partial charge is 0.462 e. The van der Waals surface area contributed by atoms with Gasteiger partial charge in [0, 0.05) is 12.8 Å². The van der Waals surface area contributed by atoms with Crippen LogP contribution in [0, 0.1) is 0 Å². The van der Waals surface area contributed by atoms with Gasteiger partial charge < -0.3 is 18.9 Å². The Morgan fingerprint density at radius 2 is 1.06 bits per heavy atom. The number of hydrogen-bond donors (Lipinski definition) is 1. The Labute approximate surface area is 313 Å². The third-order valence-corrected chi connectivity index (χ3v) is 9.72. The topological polar surface area (TPSA) is 108 Å². The zero-order valence-electron chi connectivity index (χ0n) is 33.6. The quantitative estimate of drug-likeness (QED) is 0.0220. The number of carbonyl (C=O) groups excluding carboxylic acids is 2. The number of quaternary nitrogens is 1. The third kappa shape index (κ3) is 38.0. The van der Waals surface area contributed by atoms with Gasteiger partial charge in [0.25, 0.3) is 0 Å². The Balaban J connectivity index is 4.46. The summed E-state index contributed by atoms with van der Waals surface area (Å²) in [5.41, 5.74) is 0. The first-order chi connectivity index (χ1) is 24.5. The summed E-state index contributed by atoms with van der Waals surface area (Å²) in [6, 6.07) is 0. The minimum atomic E-state index is -4.37. The van der Waals surface area contributed by atoms with Crippen LogP contribution >= 0.6 is 7.82 Å². The van der Waals surface area contributed by atoms with Crippen molar-refractivity contribution in [2.45, 2.75) is 180 Å². The predicted molar refractivity (Wildman–Crippen MR) is 211 cm³/mol. The molecule has 1 N–H and O–H groups in total. The standard InChI is InChI=1S/C41H78NO8P/c1-6-8-10-12-14-16-18-20-21-22-24-26-28-30-32-34-41(44)50-39(38-49-51(45,46)48-36-35-42(3,4)5)37-47-40(43)33-31-29-27-25-23-19-17-15-13-11-9-7-2/h20-21,24,26,39H,6-19,22-23,25,27-38H2,1-5H3/p+1/b21-20+,26-24+/t39-/m1/s1. The van der Waals surface area contributed by atoms with Crippen LogP contribution < -0.4 is 0 Å². The molecule has 0 rings (SSSR count). The van der Waals surface area contributed by atoms with Crippen molar-refractivity contribution < 1.29 is 42.1 Å². The van der Waals surface area contributed by atoms with Crippen LogP contribution in [0.5, 0.6) is 0 Å². The molecule has 0 aromatic heterocycles. The Morgan fingerprint density at radius 3 is 1.59 bits per heavy atom. The molecule has 51 heavy (non-hydrogen) atoms. The lowest BCUT2D eigenvalue weighted by Gasteiger charge is -2.24. The molecular formula is C41H79NO8P+. The van der Waals surface area contributed by atoms with Gasteiger partial charge in [0.05, 0.1) is 27.7 Å². The van der Waals surface area contributed by atoms with Crippen molar-refractivity contribution in [3.63, 3.8) is 0 Å². The molecular weight excluding hydrogens is 665 g/mol. The van der Waals surface area contributed by atoms with Crippen LogP contribution in [0.25, 0.3) is 0 Å². The second kappa shape index (κ2) is 34.3. The van der Waals surface area contributed by atoms with Gasteiger partial charge in [0.15, 0.2) is 6.10 Å². The van der Waals surface area contributed by atoms with E-state index in [1.807, 2.05) is 21.1 Å². The van der Waals surface area contributed by atoms with E-state index in [1.54, 1.807) is 0 Å². The van der Waals surface area contributed by atoms with Crippen LogP contribution in [0.15, 0.2) is 24.3 Å². The van der Waals surface area contributed by atoms with Gasteiger partial charge in [-0.15, -0.1) is 0 Å². The molecule has 300 valence electrons. The summed E-state index contributed by atoms with van der Waals surface area (Å²) in [6.07, 6.45) is 35.1. The molecule has 0 heterocycles. The van der Waals surface area contributed by atoms with Crippen LogP contribution in [-0.4, -0.2) is 74.9 Å². The first-order valence-electron chi connectivity index (χ1n) is 20.6. The first kappa shape index (κ1) is 49.5. The van der Waals surface area contributed by atoms with E-state index < -0.39 is 26.5 Å². The van der Waals surface area contributed by atoms with Crippen LogP contribution in [0.2, 0.25) is 0 Å². The van der Waals surface area contributed by atoms with E-state index in [1.165, 1.54) is 96.3 Å². The molecule has 0 aliphatic carbocycles. The van der Waals surface area contributed by atoms with Crippen molar-refractivity contribution in [3.05, 3.63) is 24.3 Å². The molecule has 0 aliphatic rings. The average Bonchev–Trinajstić information content (AvgIpc) is 3.07. The molecule has 0 amide bonds. The molecule has 0 saturated heterocycles. The van der Waals surface area contributed by atoms with Gasteiger partial charge in [-0.2, -0.15) is 0 Å². The predicted octanol–water partition coefficient (Wildman–Crippen LogP) is 11.2. The Kier molecular flexibility index (Phi) is 33.3. The normalized spacial score (nSPS) is 13.9. The van der Waals surface area contributed by atoms with Gasteiger partial charge in [-0.05, 0) is 44.9 Å². The van der Waals surface area contributed by atoms with E-state index in [9.17, 15) is 19.0 Å². The van der Waals surface area contributed by atoms with Crippen LogP contribution in [0.1, 0.15) is 174 Å². The van der Waals surface area contributed by atoms with Gasteiger partial charge in [0.2, 0.25) is 0 Å². The molecule has 0 aliphatic heterocycles. The fourth-order valence-corrected chi connectivity index (χ4v) is 6.20. The molecule has 0 spiro atoms. The maximum absolute atomic E-state index is 12.6. The Hall–Kier alpha value is -1.51. The molecule has 1 unspecified atom stereocenters. The summed E-state index contributed by atoms with van der Waals surface area (Å²) in [5.74, 6) is -0.834. The fourth-order valence-electron chi connectivity index (χ4n) is 5.45. The van der Waals surface area contributed by atoms with Crippen molar-refractivity contribution >= 4 is 19.8 Å². The van der Waals surface area contributed by atoms with Crippen molar-refractivity contribution in [1.29, 1.82) is 0 Å². The van der Waals surface area contributed by atoms with Gasteiger partial charge in [0.1, 0.15) is 19.8 Å². The van der Waals surface area contributed by atoms with Crippen molar-refractivity contribution in [2.24, 2.45) is 0 Å². The summed E-state index contributed by atoms with van der Waals surface area (Å²) in [7, 11) is 1.46. The molecule has 0 bridgehead atoms. The van der Waals surface area contributed by atoms with E-state index in [-0.39, 0.29) is 32.0 Å². The zero-order valence-corrected chi connectivity index (χ0v) is 34.5. The molecule has 0 fully saturated rings. The number of nitrogens with zero attached hydrogens (tertiary/aromatic N) is 1. The number of likely N-dealkylation sites (N-methyl/N-ethyl adjacent to an activating group) is 1. The lowest BCUT2D eigenvalue weighted by Crippen LogP contribution is -2.37. The van der Waals surface area contributed by atoms with Gasteiger partial charge >= 0.3 is 19.8 Å². The SMILES string of the molecule is CCCCCCCC/C=C/C/C=C/CCCCC(=O)O[C@H](COC(=O)CCCCCCCCCCCCCC)COP(=O)(O)OCC[N+](C)(C)C. The maximum atomic E-state index is 12.6. The first-order valence-corrected chi connectivity index (χ1v) is 22.1. The minimum absolute atomic E-state index is 0.0275. The second-order valence-electron chi connectivity index (χ2n) is 15.0. The monoisotopic (exact) mass is 745 g/mol. The third-order valence-electron chi connectivity index (χ3n) is 8.73. The minimum Gasteiger partial charge on any atom is -0.462 e. The number of esters is 2. The largest absolute Gasteiger partial charge is 0.472 e. The highest BCUT2D eigenvalue weighted by Gasteiger charge is 2.27. The Morgan fingerprint density at radius 1 is 0.608 bits per heavy atom. The van der Waals surface area contributed by atoms with Gasteiger partial charge in [-0.3, -0.25) is 18.6 Å². The van der Waals surface area contributed by atoms with Crippen LogP contribution in [0.4, 0.5) is 0 Å². The molecule has 0 aromatic carbocycles. The second-order valence-corrected chi connectivity index (χ2v) is 16.5. The average molecular weight is 745 g/mol. The number of hydrogen-bond acceptors (Lipinski definition) is 7. The number of carbonyl (C=O) groups is 2. The highest BCUT2D eigenvalue weighted by atomic mass is 31.2. The number of phosphoric ester groups is 1. The number of unbranched alkanes of at least 4 members (excludes halogenated alkanes) is 19. The molecule has 0 radical (unpaired) electrons. The van der Waals surface area contributed by atoms with Crippen molar-refractivity contribution in [1.82, 2.24) is 0 Å². The zero-order chi connectivity index (χ0) is 37.9. The van der Waals surface area contributed by atoms with Crippen molar-refractivity contribution in [3.8, 4) is 0 Å². The lowest BCUT2D eigenvalue weighted by molar-refractivity contribution is -0.870. The summed E-state index contributed by atoms with van der Waals surface area (Å²) < 4.78 is 34.2. The molecule has 9 nitrogen and oxygen atoms in total. The van der Waals surface area contributed by atoms with Crippen molar-refractivity contribution in [2.75, 3.05) is 47.5 Å². The maximum Gasteiger partial charge on any atom is 0.472 e. The Bertz CT molecular complexity index is 933. The number of phosphoric acid groups is 1. The highest BCUT2D eigenvalue weighted by molar-refractivity contribution is 7.47. The van der Waals surface area contributed by atoms with Gasteiger partial charge in [-0.1, -0.05) is 141 Å². The summed E-state index contributed by atoms with van der Waals surface area (Å²) >= 11 is 0. The summed E-state index contributed by atoms with van der Waals surface area (Å²) in [5, 5.41) is 0. The fraction of sp³-hybridized carbons (Fsp3) is 0.854.